The van der Waals surface area contributed by atoms with Crippen LogP contribution in [0, 0.1) is 17.2 Å². The molecule has 2 aliphatic carbocycles. The lowest BCUT2D eigenvalue weighted by Gasteiger charge is -2.41. The van der Waals surface area contributed by atoms with Gasteiger partial charge in [-0.2, -0.15) is 5.26 Å². The van der Waals surface area contributed by atoms with Crippen LogP contribution in [0.3, 0.4) is 0 Å². The Bertz CT molecular complexity index is 1620. The van der Waals surface area contributed by atoms with Gasteiger partial charge in [0.05, 0.1) is 18.0 Å². The highest BCUT2D eigenvalue weighted by Crippen LogP contribution is 2.48. The Hall–Kier alpha value is -4.63. The van der Waals surface area contributed by atoms with Gasteiger partial charge < -0.3 is 20.9 Å². The minimum atomic E-state index is -0.884. The van der Waals surface area contributed by atoms with Crippen LogP contribution in [0.2, 0.25) is 0 Å². The minimum absolute atomic E-state index is 0.0555. The number of benzene rings is 2. The monoisotopic (exact) mass is 665 g/mol. The van der Waals surface area contributed by atoms with Crippen LogP contribution in [0.1, 0.15) is 114 Å². The van der Waals surface area contributed by atoms with Crippen molar-refractivity contribution in [2.75, 3.05) is 26.2 Å². The largest absolute Gasteiger partial charge is 0.352 e. The molecule has 12 nitrogen and oxygen atoms in total. The highest BCUT2D eigenvalue weighted by atomic mass is 16.2. The SMILES string of the molecule is CCNC(=O)c1ccc2c(c1)CCc1cc(C(=O)NCC)ccc1C2(C[C@@H](NCC(=O)N1CCCC1C#N)C1CCCCC1)c1nnn[nH]1. The third-order valence-corrected chi connectivity index (χ3v) is 10.7. The van der Waals surface area contributed by atoms with Crippen molar-refractivity contribution in [3.05, 3.63) is 75.6 Å². The van der Waals surface area contributed by atoms with E-state index in [1.54, 1.807) is 4.90 Å². The lowest BCUT2D eigenvalue weighted by molar-refractivity contribution is -0.130. The van der Waals surface area contributed by atoms with Gasteiger partial charge >= 0.3 is 0 Å². The van der Waals surface area contributed by atoms with E-state index in [-0.39, 0.29) is 36.3 Å². The molecule has 2 atom stereocenters. The molecule has 2 fully saturated rings. The fraction of sp³-hybridized carbons (Fsp3) is 0.541. The standard InChI is InChI=1S/C37H47N9O3/c1-3-39-34(48)27-14-16-30-25(19-27)12-13-26-20-28(35(49)40-4-2)15-17-31(26)37(30,36-42-44-45-43-36)21-32(24-9-6-5-7-10-24)41-23-33(47)46-18-8-11-29(46)22-38/h14-17,19-20,24,29,32,41H,3-13,18,21,23H2,1-2H3,(H,39,48)(H,40,49)(H,42,43,44,45)/t29?,32-/m1/s1. The summed E-state index contributed by atoms with van der Waals surface area (Å²) in [5.74, 6) is 0.566. The van der Waals surface area contributed by atoms with E-state index in [0.29, 0.717) is 68.2 Å². The van der Waals surface area contributed by atoms with Crippen LogP contribution in [-0.2, 0) is 23.1 Å². The predicted octanol–water partition coefficient (Wildman–Crippen LogP) is 3.58. The van der Waals surface area contributed by atoms with Gasteiger partial charge in [-0.25, -0.2) is 5.10 Å². The molecule has 258 valence electrons. The zero-order chi connectivity index (χ0) is 34.4. The van der Waals surface area contributed by atoms with Crippen molar-refractivity contribution < 1.29 is 14.4 Å². The van der Waals surface area contributed by atoms with Gasteiger partial charge in [-0.15, -0.1) is 5.10 Å². The second kappa shape index (κ2) is 15.3. The van der Waals surface area contributed by atoms with Crippen LogP contribution in [-0.4, -0.2) is 81.5 Å². The highest BCUT2D eigenvalue weighted by molar-refractivity contribution is 5.95. The van der Waals surface area contributed by atoms with Crippen LogP contribution >= 0.6 is 0 Å². The summed E-state index contributed by atoms with van der Waals surface area (Å²) in [7, 11) is 0. The summed E-state index contributed by atoms with van der Waals surface area (Å²) >= 11 is 0. The number of nitrogens with one attached hydrogen (secondary N) is 4. The molecule has 3 aromatic rings. The number of aromatic nitrogens is 4. The molecule has 1 aliphatic heterocycles. The molecular weight excluding hydrogens is 618 g/mol. The molecule has 3 amide bonds. The molecule has 0 radical (unpaired) electrons. The molecule has 49 heavy (non-hydrogen) atoms. The average molecular weight is 666 g/mol. The number of nitrogens with zero attached hydrogens (tertiary/aromatic N) is 5. The summed E-state index contributed by atoms with van der Waals surface area (Å²) in [4.78, 5) is 41.3. The molecule has 12 heteroatoms. The Kier molecular flexibility index (Phi) is 10.7. The summed E-state index contributed by atoms with van der Waals surface area (Å²) in [6.07, 6.45) is 8.90. The number of fused-ring (bicyclic) bond motifs is 2. The second-order valence-corrected chi connectivity index (χ2v) is 13.6. The lowest BCUT2D eigenvalue weighted by atomic mass is 9.65. The first-order chi connectivity index (χ1) is 23.9. The molecule has 2 heterocycles. The van der Waals surface area contributed by atoms with Crippen LogP contribution in [0.25, 0.3) is 0 Å². The minimum Gasteiger partial charge on any atom is -0.352 e. The lowest BCUT2D eigenvalue weighted by Crippen LogP contribution is -2.49. The van der Waals surface area contributed by atoms with Crippen molar-refractivity contribution in [3.8, 4) is 6.07 Å². The van der Waals surface area contributed by atoms with E-state index < -0.39 is 5.41 Å². The maximum absolute atomic E-state index is 13.6. The number of hydrogen-bond donors (Lipinski definition) is 4. The number of aryl methyl sites for hydroxylation is 2. The van der Waals surface area contributed by atoms with Crippen LogP contribution in [0.4, 0.5) is 0 Å². The maximum atomic E-state index is 13.6. The predicted molar refractivity (Wildman–Crippen MR) is 184 cm³/mol. The molecule has 1 saturated heterocycles. The van der Waals surface area contributed by atoms with E-state index in [0.717, 1.165) is 54.4 Å². The first-order valence-electron chi connectivity index (χ1n) is 17.9. The Morgan fingerprint density at radius 1 is 0.939 bits per heavy atom. The molecule has 1 aromatic heterocycles. The van der Waals surface area contributed by atoms with Gasteiger partial charge in [0, 0.05) is 36.8 Å². The number of hydrogen-bond acceptors (Lipinski definition) is 8. The number of likely N-dealkylation sites (tertiary alicyclic amines) is 1. The number of carbonyl (C=O) groups excluding carboxylic acids is 3. The molecule has 0 bridgehead atoms. The van der Waals surface area contributed by atoms with Gasteiger partial charge in [0.1, 0.15) is 6.04 Å². The summed E-state index contributed by atoms with van der Waals surface area (Å²) in [6, 6.07) is 13.6. The topological polar surface area (TPSA) is 169 Å². The fourth-order valence-electron chi connectivity index (χ4n) is 8.36. The zero-order valence-corrected chi connectivity index (χ0v) is 28.6. The van der Waals surface area contributed by atoms with Gasteiger partial charge in [0.15, 0.2) is 5.82 Å². The van der Waals surface area contributed by atoms with E-state index in [4.69, 9.17) is 0 Å². The number of tetrazole rings is 1. The highest BCUT2D eigenvalue weighted by Gasteiger charge is 2.47. The molecule has 2 aromatic carbocycles. The zero-order valence-electron chi connectivity index (χ0n) is 28.6. The summed E-state index contributed by atoms with van der Waals surface area (Å²) in [6.45, 7) is 5.59. The van der Waals surface area contributed by atoms with Crippen molar-refractivity contribution in [2.45, 2.75) is 95.6 Å². The van der Waals surface area contributed by atoms with Gasteiger partial charge in [-0.1, -0.05) is 31.4 Å². The van der Waals surface area contributed by atoms with Crippen LogP contribution in [0.5, 0.6) is 0 Å². The molecule has 1 saturated carbocycles. The number of rotatable bonds is 11. The van der Waals surface area contributed by atoms with E-state index in [2.05, 4.69) is 42.6 Å². The van der Waals surface area contributed by atoms with Crippen molar-refractivity contribution in [2.24, 2.45) is 5.92 Å². The first kappa shape index (κ1) is 34.2. The van der Waals surface area contributed by atoms with Crippen LogP contribution in [0.15, 0.2) is 36.4 Å². The normalized spacial score (nSPS) is 19.2. The van der Waals surface area contributed by atoms with E-state index in [1.807, 2.05) is 50.2 Å². The number of carbonyl (C=O) groups is 3. The Labute approximate surface area is 287 Å². The summed E-state index contributed by atoms with van der Waals surface area (Å²) < 4.78 is 0. The van der Waals surface area contributed by atoms with E-state index in [9.17, 15) is 19.6 Å². The average Bonchev–Trinajstić information content (AvgIpc) is 3.83. The smallest absolute Gasteiger partial charge is 0.251 e. The van der Waals surface area contributed by atoms with E-state index >= 15 is 0 Å². The quantitative estimate of drug-likeness (QED) is 0.241. The molecule has 6 rings (SSSR count). The first-order valence-corrected chi connectivity index (χ1v) is 17.9. The van der Waals surface area contributed by atoms with Gasteiger partial charge in [-0.05, 0) is 122 Å². The van der Waals surface area contributed by atoms with Gasteiger partial charge in [0.2, 0.25) is 5.91 Å². The Balaban J connectivity index is 1.49. The summed E-state index contributed by atoms with van der Waals surface area (Å²) in [5.41, 5.74) is 4.33. The third-order valence-electron chi connectivity index (χ3n) is 10.7. The van der Waals surface area contributed by atoms with Crippen molar-refractivity contribution in [1.29, 1.82) is 5.26 Å². The van der Waals surface area contributed by atoms with E-state index in [1.165, 1.54) is 6.42 Å². The van der Waals surface area contributed by atoms with Crippen molar-refractivity contribution in [1.82, 2.24) is 41.5 Å². The maximum Gasteiger partial charge on any atom is 0.251 e. The number of amides is 3. The van der Waals surface area contributed by atoms with Gasteiger partial charge in [0.25, 0.3) is 11.8 Å². The third kappa shape index (κ3) is 6.95. The molecular formula is C37H47N9O3. The number of H-pyrrole nitrogens is 1. The second-order valence-electron chi connectivity index (χ2n) is 13.6. The number of aromatic amines is 1. The Morgan fingerprint density at radius 3 is 2.12 bits per heavy atom. The molecule has 1 unspecified atom stereocenters. The number of nitriles is 1. The summed E-state index contributed by atoms with van der Waals surface area (Å²) in [5, 5.41) is 35.1. The van der Waals surface area contributed by atoms with Gasteiger partial charge in [-0.3, -0.25) is 14.4 Å². The van der Waals surface area contributed by atoms with Crippen LogP contribution < -0.4 is 16.0 Å². The fourth-order valence-corrected chi connectivity index (χ4v) is 8.36. The molecule has 4 N–H and O–H groups in total. The van der Waals surface area contributed by atoms with Crippen molar-refractivity contribution in [3.63, 3.8) is 0 Å². The molecule has 3 aliphatic rings. The van der Waals surface area contributed by atoms with Crippen molar-refractivity contribution >= 4 is 17.7 Å². The Morgan fingerprint density at radius 2 is 1.57 bits per heavy atom. The molecule has 0 spiro atoms.